The van der Waals surface area contributed by atoms with Crippen molar-refractivity contribution >= 4 is 32.6 Å². The molecule has 1 aliphatic heterocycles. The molecular weight excluding hydrogens is 430 g/mol. The van der Waals surface area contributed by atoms with Crippen molar-refractivity contribution in [3.05, 3.63) is 62.9 Å². The Kier molecular flexibility index (Phi) is 6.04. The molecule has 0 amide bonds. The summed E-state index contributed by atoms with van der Waals surface area (Å²) >= 11 is 3.48. The maximum Gasteiger partial charge on any atom is 0.200 e. The van der Waals surface area contributed by atoms with Gasteiger partial charge in [0.25, 0.3) is 0 Å². The number of rotatable bonds is 5. The van der Waals surface area contributed by atoms with Crippen molar-refractivity contribution in [1.29, 1.82) is 0 Å². The van der Waals surface area contributed by atoms with Gasteiger partial charge in [-0.15, -0.1) is 0 Å². The summed E-state index contributed by atoms with van der Waals surface area (Å²) in [6.45, 7) is 4.94. The van der Waals surface area contributed by atoms with Crippen LogP contribution >= 0.6 is 15.9 Å². The highest BCUT2D eigenvalue weighted by Gasteiger charge is 2.18. The van der Waals surface area contributed by atoms with Gasteiger partial charge in [0.2, 0.25) is 5.43 Å². The van der Waals surface area contributed by atoms with Gasteiger partial charge >= 0.3 is 0 Å². The van der Waals surface area contributed by atoms with Crippen molar-refractivity contribution in [2.45, 2.75) is 6.42 Å². The first kappa shape index (κ1) is 20.1. The second-order valence-corrected chi connectivity index (χ2v) is 8.57. The minimum Gasteiger partial charge on any atom is -0.460 e. The van der Waals surface area contributed by atoms with Crippen LogP contribution in [-0.2, 0) is 6.42 Å². The smallest absolute Gasteiger partial charge is 0.200 e. The fourth-order valence-corrected chi connectivity index (χ4v) is 4.05. The molecule has 5 nitrogen and oxygen atoms in total. The van der Waals surface area contributed by atoms with Crippen molar-refractivity contribution in [2.75, 3.05) is 51.7 Å². The number of anilines is 1. The number of hydrogen-bond donors (Lipinski definition) is 1. The third-order valence-corrected chi connectivity index (χ3v) is 5.99. The van der Waals surface area contributed by atoms with E-state index in [4.69, 9.17) is 4.42 Å². The molecule has 1 N–H and O–H groups in total. The van der Waals surface area contributed by atoms with Crippen LogP contribution in [0.4, 0.5) is 5.69 Å². The first-order chi connectivity index (χ1) is 14.0. The van der Waals surface area contributed by atoms with Crippen molar-refractivity contribution in [2.24, 2.45) is 0 Å². The van der Waals surface area contributed by atoms with Crippen molar-refractivity contribution in [1.82, 2.24) is 10.2 Å². The molecule has 6 heteroatoms. The fraction of sp³-hybridized carbons (Fsp3) is 0.348. The number of halogens is 1. The quantitative estimate of drug-likeness (QED) is 0.634. The van der Waals surface area contributed by atoms with E-state index in [1.54, 1.807) is 0 Å². The molecule has 1 fully saturated rings. The summed E-state index contributed by atoms with van der Waals surface area (Å²) in [5, 5.41) is 4.01. The van der Waals surface area contributed by atoms with Crippen LogP contribution in [0.15, 0.2) is 56.1 Å². The summed E-state index contributed by atoms with van der Waals surface area (Å²) in [5.41, 5.74) is 3.28. The Labute approximate surface area is 179 Å². The lowest BCUT2D eigenvalue weighted by atomic mass is 10.0. The van der Waals surface area contributed by atoms with Gasteiger partial charge in [0.05, 0.1) is 10.9 Å². The van der Waals surface area contributed by atoms with Crippen molar-refractivity contribution in [3.8, 4) is 11.1 Å². The lowest BCUT2D eigenvalue weighted by Crippen LogP contribution is -2.44. The van der Waals surface area contributed by atoms with E-state index in [0.29, 0.717) is 23.0 Å². The van der Waals surface area contributed by atoms with E-state index in [2.05, 4.69) is 26.1 Å². The van der Waals surface area contributed by atoms with Crippen LogP contribution in [0.1, 0.15) is 5.76 Å². The van der Waals surface area contributed by atoms with E-state index in [9.17, 15) is 4.79 Å². The number of hydrogen-bond acceptors (Lipinski definition) is 5. The second kappa shape index (κ2) is 8.69. The molecule has 1 aliphatic rings. The zero-order chi connectivity index (χ0) is 20.4. The predicted octanol–water partition coefficient (Wildman–Crippen LogP) is 3.74. The third kappa shape index (κ3) is 4.39. The zero-order valence-corrected chi connectivity index (χ0v) is 18.5. The molecular formula is C23H26BrN3O2. The fourth-order valence-electron chi connectivity index (χ4n) is 3.79. The van der Waals surface area contributed by atoms with Gasteiger partial charge in [-0.3, -0.25) is 4.79 Å². The summed E-state index contributed by atoms with van der Waals surface area (Å²) in [4.78, 5) is 17.9. The van der Waals surface area contributed by atoms with Gasteiger partial charge < -0.3 is 19.5 Å². The molecule has 29 heavy (non-hydrogen) atoms. The molecule has 0 bridgehead atoms. The summed E-state index contributed by atoms with van der Waals surface area (Å²) in [5.74, 6) is 0.763. The standard InChI is InChI=1S/C23H26BrN3O2/c1-26(2)18-7-8-19-21(15-18)29-20(9-12-27-13-10-25-11-14-27)22(23(19)28)16-3-5-17(24)6-4-16/h3-8,15,25H,9-14H2,1-2H3. The summed E-state index contributed by atoms with van der Waals surface area (Å²) in [6, 6.07) is 13.7. The Hall–Kier alpha value is -2.15. The summed E-state index contributed by atoms with van der Waals surface area (Å²) < 4.78 is 7.35. The van der Waals surface area contributed by atoms with Crippen LogP contribution in [-0.4, -0.2) is 51.7 Å². The Bertz CT molecular complexity index is 1050. The number of nitrogens with zero attached hydrogens (tertiary/aromatic N) is 2. The van der Waals surface area contributed by atoms with Crippen LogP contribution in [0.25, 0.3) is 22.1 Å². The normalized spacial score (nSPS) is 15.0. The average Bonchev–Trinajstić information content (AvgIpc) is 2.73. The maximum absolute atomic E-state index is 13.5. The Morgan fingerprint density at radius 2 is 1.83 bits per heavy atom. The van der Waals surface area contributed by atoms with E-state index in [1.807, 2.05) is 61.5 Å². The van der Waals surface area contributed by atoms with Crippen LogP contribution in [0.2, 0.25) is 0 Å². The van der Waals surface area contributed by atoms with Gasteiger partial charge in [-0.2, -0.15) is 0 Å². The maximum atomic E-state index is 13.5. The number of fused-ring (bicyclic) bond motifs is 1. The topological polar surface area (TPSA) is 48.7 Å². The molecule has 0 unspecified atom stereocenters. The van der Waals surface area contributed by atoms with Crippen LogP contribution < -0.4 is 15.6 Å². The van der Waals surface area contributed by atoms with Gasteiger partial charge in [0.1, 0.15) is 11.3 Å². The molecule has 0 aliphatic carbocycles. The van der Waals surface area contributed by atoms with E-state index >= 15 is 0 Å². The Balaban J connectivity index is 1.80. The molecule has 0 spiro atoms. The first-order valence-electron chi connectivity index (χ1n) is 9.99. The van der Waals surface area contributed by atoms with Crippen molar-refractivity contribution < 1.29 is 4.42 Å². The lowest BCUT2D eigenvalue weighted by Gasteiger charge is -2.27. The SMILES string of the molecule is CN(C)c1ccc2c(=O)c(-c3ccc(Br)cc3)c(CCN3CCNCC3)oc2c1. The lowest BCUT2D eigenvalue weighted by molar-refractivity contribution is 0.239. The summed E-state index contributed by atoms with van der Waals surface area (Å²) in [6.07, 6.45) is 0.711. The van der Waals surface area contributed by atoms with Gasteiger partial charge in [0.15, 0.2) is 0 Å². The first-order valence-corrected chi connectivity index (χ1v) is 10.8. The van der Waals surface area contributed by atoms with Crippen LogP contribution in [0, 0.1) is 0 Å². The summed E-state index contributed by atoms with van der Waals surface area (Å²) in [7, 11) is 3.97. The Morgan fingerprint density at radius 1 is 1.10 bits per heavy atom. The van der Waals surface area contributed by atoms with E-state index in [0.717, 1.165) is 54.2 Å². The number of piperazine rings is 1. The molecule has 0 saturated carbocycles. The number of benzene rings is 2. The van der Waals surface area contributed by atoms with Gasteiger partial charge in [-0.1, -0.05) is 28.1 Å². The highest BCUT2D eigenvalue weighted by molar-refractivity contribution is 9.10. The van der Waals surface area contributed by atoms with Gasteiger partial charge in [-0.05, 0) is 29.8 Å². The molecule has 2 heterocycles. The Morgan fingerprint density at radius 3 is 2.52 bits per heavy atom. The minimum absolute atomic E-state index is 0.0363. The molecule has 152 valence electrons. The molecule has 0 radical (unpaired) electrons. The minimum atomic E-state index is 0.0363. The van der Waals surface area contributed by atoms with E-state index in [-0.39, 0.29) is 5.43 Å². The van der Waals surface area contributed by atoms with Gasteiger partial charge in [-0.25, -0.2) is 0 Å². The average molecular weight is 456 g/mol. The highest BCUT2D eigenvalue weighted by atomic mass is 79.9. The molecule has 1 aromatic heterocycles. The second-order valence-electron chi connectivity index (χ2n) is 7.65. The van der Waals surface area contributed by atoms with Crippen LogP contribution in [0.5, 0.6) is 0 Å². The van der Waals surface area contributed by atoms with Crippen molar-refractivity contribution in [3.63, 3.8) is 0 Å². The molecule has 4 rings (SSSR count). The molecule has 1 saturated heterocycles. The van der Waals surface area contributed by atoms with Crippen LogP contribution in [0.3, 0.4) is 0 Å². The van der Waals surface area contributed by atoms with E-state index < -0.39 is 0 Å². The van der Waals surface area contributed by atoms with Gasteiger partial charge in [0, 0.05) is 69.5 Å². The third-order valence-electron chi connectivity index (χ3n) is 5.46. The molecule has 3 aromatic rings. The van der Waals surface area contributed by atoms with E-state index in [1.165, 1.54) is 0 Å². The number of nitrogens with one attached hydrogen (secondary N) is 1. The largest absolute Gasteiger partial charge is 0.460 e. The molecule has 0 atom stereocenters. The highest BCUT2D eigenvalue weighted by Crippen LogP contribution is 2.28. The molecule has 2 aromatic carbocycles. The predicted molar refractivity (Wildman–Crippen MR) is 123 cm³/mol. The monoisotopic (exact) mass is 455 g/mol. The zero-order valence-electron chi connectivity index (χ0n) is 16.9.